The van der Waals surface area contributed by atoms with Crippen molar-refractivity contribution < 1.29 is 0 Å². The monoisotopic (exact) mass is 273 g/mol. The molecule has 0 N–H and O–H groups in total. The maximum absolute atomic E-state index is 2.39. The van der Waals surface area contributed by atoms with Gasteiger partial charge < -0.3 is 0 Å². The highest BCUT2D eigenvalue weighted by molar-refractivity contribution is 5.93. The van der Waals surface area contributed by atoms with E-state index in [1.807, 2.05) is 0 Å². The second kappa shape index (κ2) is 6.13. The molecule has 1 radical (unpaired) electrons. The van der Waals surface area contributed by atoms with E-state index in [2.05, 4.69) is 80.9 Å². The minimum Gasteiger partial charge on any atom is -0.0654 e. The van der Waals surface area contributed by atoms with Crippen molar-refractivity contribution in [1.29, 1.82) is 0 Å². The molecule has 105 valence electrons. The lowest BCUT2D eigenvalue weighted by atomic mass is 9.89. The van der Waals surface area contributed by atoms with Crippen molar-refractivity contribution in [1.82, 2.24) is 0 Å². The molecule has 0 fully saturated rings. The van der Waals surface area contributed by atoms with Gasteiger partial charge in [0.2, 0.25) is 0 Å². The summed E-state index contributed by atoms with van der Waals surface area (Å²) in [7, 11) is 0. The van der Waals surface area contributed by atoms with Crippen LogP contribution in [0, 0.1) is 13.3 Å². The molecule has 0 heterocycles. The third kappa shape index (κ3) is 2.71. The van der Waals surface area contributed by atoms with Gasteiger partial charge in [0.05, 0.1) is 0 Å². The van der Waals surface area contributed by atoms with Gasteiger partial charge in [0.25, 0.3) is 0 Å². The van der Waals surface area contributed by atoms with Crippen molar-refractivity contribution in [3.63, 3.8) is 0 Å². The molecule has 0 unspecified atom stereocenters. The highest BCUT2D eigenvalue weighted by Gasteiger charge is 2.10. The summed E-state index contributed by atoms with van der Waals surface area (Å²) in [6, 6.07) is 21.8. The van der Waals surface area contributed by atoms with E-state index in [0.717, 1.165) is 6.42 Å². The Balaban J connectivity index is 2.24. The van der Waals surface area contributed by atoms with Gasteiger partial charge in [-0.3, -0.25) is 0 Å². The predicted octanol–water partition coefficient (Wildman–Crippen LogP) is 6.17. The molecule has 0 bridgehead atoms. The Labute approximate surface area is 127 Å². The maximum Gasteiger partial charge on any atom is -0.00804 e. The maximum atomic E-state index is 2.39. The van der Waals surface area contributed by atoms with Crippen molar-refractivity contribution in [2.45, 2.75) is 26.7 Å². The van der Waals surface area contributed by atoms with Crippen molar-refractivity contribution in [3.8, 4) is 11.1 Å². The lowest BCUT2D eigenvalue weighted by Crippen LogP contribution is -1.92. The Morgan fingerprint density at radius 2 is 1.57 bits per heavy atom. The Morgan fingerprint density at radius 3 is 2.38 bits per heavy atom. The molecule has 0 heteroatoms. The summed E-state index contributed by atoms with van der Waals surface area (Å²) >= 11 is 0. The summed E-state index contributed by atoms with van der Waals surface area (Å²) in [5, 5.41) is 2.67. The fourth-order valence-corrected chi connectivity index (χ4v) is 2.91. The molecule has 0 amide bonds. The predicted molar refractivity (Wildman–Crippen MR) is 92.4 cm³/mol. The zero-order valence-electron chi connectivity index (χ0n) is 12.8. The smallest absolute Gasteiger partial charge is 0.00804 e. The van der Waals surface area contributed by atoms with Crippen LogP contribution in [-0.2, 0) is 0 Å². The van der Waals surface area contributed by atoms with Crippen molar-refractivity contribution >= 4 is 10.8 Å². The highest BCUT2D eigenvalue weighted by atomic mass is 14.1. The summed E-state index contributed by atoms with van der Waals surface area (Å²) in [5.74, 6) is 0. The SMILES string of the molecule is CCC[CH]c1c(-c2ccccc2C)ccc2ccccc12. The van der Waals surface area contributed by atoms with E-state index in [-0.39, 0.29) is 0 Å². The molecule has 0 atom stereocenters. The van der Waals surface area contributed by atoms with Gasteiger partial charge in [0.15, 0.2) is 0 Å². The molecule has 3 aromatic carbocycles. The van der Waals surface area contributed by atoms with E-state index in [1.165, 1.54) is 39.4 Å². The molecular formula is C21H21. The summed E-state index contributed by atoms with van der Waals surface area (Å²) in [4.78, 5) is 0. The average Bonchev–Trinajstić information content (AvgIpc) is 2.53. The van der Waals surface area contributed by atoms with E-state index in [4.69, 9.17) is 0 Å². The minimum absolute atomic E-state index is 1.12. The molecule has 0 saturated carbocycles. The number of hydrogen-bond donors (Lipinski definition) is 0. The normalized spacial score (nSPS) is 11.0. The van der Waals surface area contributed by atoms with Crippen LogP contribution in [0.4, 0.5) is 0 Å². The van der Waals surface area contributed by atoms with Gasteiger partial charge in [0, 0.05) is 0 Å². The first-order valence-electron chi connectivity index (χ1n) is 7.72. The molecule has 0 nitrogen and oxygen atoms in total. The van der Waals surface area contributed by atoms with Crippen LogP contribution < -0.4 is 0 Å². The number of hydrogen-bond acceptors (Lipinski definition) is 0. The lowest BCUT2D eigenvalue weighted by Gasteiger charge is -2.15. The van der Waals surface area contributed by atoms with Gasteiger partial charge in [-0.05, 0) is 52.8 Å². The van der Waals surface area contributed by atoms with Gasteiger partial charge in [0.1, 0.15) is 0 Å². The lowest BCUT2D eigenvalue weighted by molar-refractivity contribution is 0.916. The number of unbranched alkanes of at least 4 members (excludes halogenated alkanes) is 1. The largest absolute Gasteiger partial charge is 0.0654 e. The van der Waals surface area contributed by atoms with Gasteiger partial charge in [-0.2, -0.15) is 0 Å². The summed E-state index contributed by atoms with van der Waals surface area (Å²) in [6.45, 7) is 4.42. The minimum atomic E-state index is 1.12. The Bertz CT molecular complexity index is 753. The fraction of sp³-hybridized carbons (Fsp3) is 0.190. The standard InChI is InChI=1S/C21H21/c1-3-4-11-20-19-13-8-6-10-17(19)14-15-21(20)18-12-7-5-9-16(18)2/h5-15H,3-4H2,1-2H3. The molecule has 0 aliphatic carbocycles. The van der Waals surface area contributed by atoms with Crippen molar-refractivity contribution in [2.75, 3.05) is 0 Å². The van der Waals surface area contributed by atoms with Crippen LogP contribution in [0.25, 0.3) is 21.9 Å². The van der Waals surface area contributed by atoms with E-state index in [0.29, 0.717) is 0 Å². The van der Waals surface area contributed by atoms with Gasteiger partial charge in [-0.1, -0.05) is 74.0 Å². The zero-order valence-corrected chi connectivity index (χ0v) is 12.8. The summed E-state index contributed by atoms with van der Waals surface area (Å²) in [6.07, 6.45) is 4.69. The second-order valence-electron chi connectivity index (χ2n) is 5.56. The Hall–Kier alpha value is -2.08. The van der Waals surface area contributed by atoms with Crippen LogP contribution in [0.15, 0.2) is 60.7 Å². The first kappa shape index (κ1) is 13.9. The number of rotatable bonds is 4. The van der Waals surface area contributed by atoms with Crippen LogP contribution in [0.2, 0.25) is 0 Å². The van der Waals surface area contributed by atoms with E-state index >= 15 is 0 Å². The molecule has 3 aromatic rings. The zero-order chi connectivity index (χ0) is 14.7. The third-order valence-electron chi connectivity index (χ3n) is 4.04. The Morgan fingerprint density at radius 1 is 0.810 bits per heavy atom. The molecule has 3 rings (SSSR count). The fourth-order valence-electron chi connectivity index (χ4n) is 2.91. The molecule has 21 heavy (non-hydrogen) atoms. The number of aryl methyl sites for hydroxylation is 1. The molecular weight excluding hydrogens is 252 g/mol. The van der Waals surface area contributed by atoms with Crippen LogP contribution in [0.5, 0.6) is 0 Å². The summed E-state index contributed by atoms with van der Waals surface area (Å²) < 4.78 is 0. The first-order chi connectivity index (χ1) is 10.3. The van der Waals surface area contributed by atoms with E-state index in [9.17, 15) is 0 Å². The van der Waals surface area contributed by atoms with Crippen LogP contribution in [0.1, 0.15) is 30.9 Å². The van der Waals surface area contributed by atoms with Crippen LogP contribution in [0.3, 0.4) is 0 Å². The molecule has 0 spiro atoms. The van der Waals surface area contributed by atoms with Crippen molar-refractivity contribution in [2.24, 2.45) is 0 Å². The van der Waals surface area contributed by atoms with Crippen LogP contribution >= 0.6 is 0 Å². The number of fused-ring (bicyclic) bond motifs is 1. The van der Waals surface area contributed by atoms with Crippen molar-refractivity contribution in [3.05, 3.63) is 78.2 Å². The molecule has 0 saturated heterocycles. The Kier molecular flexibility index (Phi) is 4.06. The molecule has 0 aliphatic rings. The molecule has 0 aromatic heterocycles. The van der Waals surface area contributed by atoms with E-state index in [1.54, 1.807) is 0 Å². The highest BCUT2D eigenvalue weighted by Crippen LogP contribution is 2.33. The molecule has 0 aliphatic heterocycles. The quantitative estimate of drug-likeness (QED) is 0.533. The van der Waals surface area contributed by atoms with Crippen LogP contribution in [-0.4, -0.2) is 0 Å². The topological polar surface area (TPSA) is 0 Å². The summed E-state index contributed by atoms with van der Waals surface area (Å²) in [5.41, 5.74) is 5.40. The van der Waals surface area contributed by atoms with Gasteiger partial charge >= 0.3 is 0 Å². The van der Waals surface area contributed by atoms with Gasteiger partial charge in [-0.25, -0.2) is 0 Å². The first-order valence-corrected chi connectivity index (χ1v) is 7.72. The number of benzene rings is 3. The average molecular weight is 273 g/mol. The third-order valence-corrected chi connectivity index (χ3v) is 4.04. The second-order valence-corrected chi connectivity index (χ2v) is 5.56. The van der Waals surface area contributed by atoms with E-state index < -0.39 is 0 Å². The van der Waals surface area contributed by atoms with Gasteiger partial charge in [-0.15, -0.1) is 0 Å².